The van der Waals surface area contributed by atoms with Gasteiger partial charge in [0.1, 0.15) is 5.54 Å². The first-order chi connectivity index (χ1) is 9.35. The molecule has 0 bridgehead atoms. The number of rotatable bonds is 8. The number of nitrogens with zero attached hydrogens (tertiary/aromatic N) is 1. The third kappa shape index (κ3) is 4.28. The van der Waals surface area contributed by atoms with E-state index in [1.807, 2.05) is 0 Å². The maximum atomic E-state index is 12.1. The van der Waals surface area contributed by atoms with Crippen molar-refractivity contribution in [3.8, 4) is 0 Å². The zero-order chi connectivity index (χ0) is 15.2. The van der Waals surface area contributed by atoms with Crippen LogP contribution in [0.25, 0.3) is 0 Å². The third-order valence-corrected chi connectivity index (χ3v) is 4.82. The van der Waals surface area contributed by atoms with Crippen molar-refractivity contribution >= 4 is 16.0 Å². The van der Waals surface area contributed by atoms with Gasteiger partial charge in [0.15, 0.2) is 0 Å². The fraction of sp³-hybridized carbons (Fsp3) is 0.538. The van der Waals surface area contributed by atoms with Crippen molar-refractivity contribution < 1.29 is 18.3 Å². The van der Waals surface area contributed by atoms with Crippen molar-refractivity contribution in [2.75, 3.05) is 5.75 Å². The lowest BCUT2D eigenvalue weighted by atomic mass is 9.95. The number of hydrogen-bond donors (Lipinski definition) is 2. The molecule has 0 spiro atoms. The van der Waals surface area contributed by atoms with Gasteiger partial charge in [-0.1, -0.05) is 13.8 Å². The summed E-state index contributed by atoms with van der Waals surface area (Å²) in [5.41, 5.74) is -0.573. The van der Waals surface area contributed by atoms with E-state index in [4.69, 9.17) is 0 Å². The van der Waals surface area contributed by atoms with Crippen molar-refractivity contribution in [3.63, 3.8) is 0 Å². The molecule has 6 nitrogen and oxygen atoms in total. The second-order valence-corrected chi connectivity index (χ2v) is 6.46. The van der Waals surface area contributed by atoms with Crippen LogP contribution in [0.4, 0.5) is 0 Å². The third-order valence-electron chi connectivity index (χ3n) is 3.38. The van der Waals surface area contributed by atoms with Gasteiger partial charge in [0.2, 0.25) is 10.0 Å². The number of carboxylic acids is 1. The average molecular weight is 300 g/mol. The van der Waals surface area contributed by atoms with E-state index in [0.717, 1.165) is 5.56 Å². The Morgan fingerprint density at radius 2 is 1.85 bits per heavy atom. The highest BCUT2D eigenvalue weighted by Crippen LogP contribution is 2.17. The van der Waals surface area contributed by atoms with Gasteiger partial charge in [-0.25, -0.2) is 8.42 Å². The summed E-state index contributed by atoms with van der Waals surface area (Å²) in [4.78, 5) is 15.2. The molecule has 2 N–H and O–H groups in total. The van der Waals surface area contributed by atoms with E-state index in [9.17, 15) is 18.3 Å². The van der Waals surface area contributed by atoms with E-state index in [2.05, 4.69) is 9.71 Å². The van der Waals surface area contributed by atoms with E-state index < -0.39 is 21.5 Å². The number of pyridine rings is 1. The Labute approximate surface area is 119 Å². The molecule has 1 aromatic rings. The van der Waals surface area contributed by atoms with Crippen LogP contribution >= 0.6 is 0 Å². The summed E-state index contributed by atoms with van der Waals surface area (Å²) >= 11 is 0. The second kappa shape index (κ2) is 6.81. The molecule has 0 aromatic carbocycles. The van der Waals surface area contributed by atoms with Crippen molar-refractivity contribution in [1.82, 2.24) is 9.71 Å². The lowest BCUT2D eigenvalue weighted by molar-refractivity contribution is -0.144. The molecule has 0 aliphatic carbocycles. The summed E-state index contributed by atoms with van der Waals surface area (Å²) in [5.74, 6) is -1.29. The van der Waals surface area contributed by atoms with E-state index in [1.54, 1.807) is 38.4 Å². The lowest BCUT2D eigenvalue weighted by Gasteiger charge is -2.27. The van der Waals surface area contributed by atoms with Gasteiger partial charge >= 0.3 is 5.97 Å². The Morgan fingerprint density at radius 1 is 1.30 bits per heavy atom. The molecule has 1 rings (SSSR count). The molecule has 20 heavy (non-hydrogen) atoms. The molecule has 7 heteroatoms. The minimum atomic E-state index is -3.66. The molecule has 0 radical (unpaired) electrons. The van der Waals surface area contributed by atoms with Gasteiger partial charge in [-0.3, -0.25) is 9.78 Å². The fourth-order valence-corrected chi connectivity index (χ4v) is 3.47. The van der Waals surface area contributed by atoms with Crippen molar-refractivity contribution in [2.24, 2.45) is 0 Å². The number of aryl methyl sites for hydroxylation is 1. The van der Waals surface area contributed by atoms with Crippen LogP contribution in [0.3, 0.4) is 0 Å². The van der Waals surface area contributed by atoms with Crippen LogP contribution in [0.5, 0.6) is 0 Å². The Kier molecular flexibility index (Phi) is 5.64. The first kappa shape index (κ1) is 16.6. The van der Waals surface area contributed by atoms with E-state index >= 15 is 0 Å². The predicted octanol–water partition coefficient (Wildman–Crippen LogP) is 1.19. The monoisotopic (exact) mass is 300 g/mol. The maximum Gasteiger partial charge on any atom is 0.324 e. The van der Waals surface area contributed by atoms with E-state index in [-0.39, 0.29) is 18.6 Å². The van der Waals surface area contributed by atoms with Crippen molar-refractivity contribution in [1.29, 1.82) is 0 Å². The van der Waals surface area contributed by atoms with Gasteiger partial charge in [-0.15, -0.1) is 0 Å². The Morgan fingerprint density at radius 3 is 2.30 bits per heavy atom. The summed E-state index contributed by atoms with van der Waals surface area (Å²) in [6.07, 6.45) is 3.91. The highest BCUT2D eigenvalue weighted by molar-refractivity contribution is 7.89. The molecule has 0 aliphatic rings. The summed E-state index contributed by atoms with van der Waals surface area (Å²) < 4.78 is 26.4. The summed E-state index contributed by atoms with van der Waals surface area (Å²) in [7, 11) is -3.66. The number of carbonyl (C=O) groups is 1. The van der Waals surface area contributed by atoms with Gasteiger partial charge in [0.25, 0.3) is 0 Å². The smallest absolute Gasteiger partial charge is 0.324 e. The summed E-state index contributed by atoms with van der Waals surface area (Å²) in [5, 5.41) is 9.24. The number of carboxylic acid groups (broad SMARTS) is 1. The molecule has 0 aliphatic heterocycles. The SMILES string of the molecule is CCC(CC)(NS(=O)(=O)CCc1ccncc1)C(=O)O. The predicted molar refractivity (Wildman–Crippen MR) is 75.8 cm³/mol. The number of sulfonamides is 1. The lowest BCUT2D eigenvalue weighted by Crippen LogP contribution is -2.54. The molecule has 0 amide bonds. The van der Waals surface area contributed by atoms with Gasteiger partial charge in [0.05, 0.1) is 5.75 Å². The number of hydrogen-bond acceptors (Lipinski definition) is 4. The molecule has 1 heterocycles. The fourth-order valence-electron chi connectivity index (χ4n) is 1.89. The minimum absolute atomic E-state index is 0.147. The number of aliphatic carboxylic acids is 1. The van der Waals surface area contributed by atoms with E-state index in [1.165, 1.54) is 0 Å². The largest absolute Gasteiger partial charge is 0.480 e. The quantitative estimate of drug-likeness (QED) is 0.751. The highest BCUT2D eigenvalue weighted by Gasteiger charge is 2.38. The molecule has 0 atom stereocenters. The van der Waals surface area contributed by atoms with Gasteiger partial charge in [-0.2, -0.15) is 4.72 Å². The normalized spacial score (nSPS) is 12.3. The number of nitrogens with one attached hydrogen (secondary N) is 1. The summed E-state index contributed by atoms with van der Waals surface area (Å²) in [6, 6.07) is 3.47. The highest BCUT2D eigenvalue weighted by atomic mass is 32.2. The minimum Gasteiger partial charge on any atom is -0.480 e. The second-order valence-electron chi connectivity index (χ2n) is 4.62. The van der Waals surface area contributed by atoms with Crippen molar-refractivity contribution in [3.05, 3.63) is 30.1 Å². The molecular weight excluding hydrogens is 280 g/mol. The molecule has 1 aromatic heterocycles. The van der Waals surface area contributed by atoms with Crippen LogP contribution in [0, 0.1) is 0 Å². The van der Waals surface area contributed by atoms with Crippen LogP contribution in [-0.4, -0.2) is 35.8 Å². The number of aromatic nitrogens is 1. The molecule has 0 fully saturated rings. The molecular formula is C13H20N2O4S. The van der Waals surface area contributed by atoms with Crippen LogP contribution in [0.1, 0.15) is 32.3 Å². The van der Waals surface area contributed by atoms with Crippen LogP contribution < -0.4 is 4.72 Å². The first-order valence-corrected chi connectivity index (χ1v) is 8.14. The topological polar surface area (TPSA) is 96.4 Å². The van der Waals surface area contributed by atoms with Gasteiger partial charge in [-0.05, 0) is 37.0 Å². The van der Waals surface area contributed by atoms with E-state index in [0.29, 0.717) is 6.42 Å². The Hall–Kier alpha value is -1.47. The zero-order valence-corrected chi connectivity index (χ0v) is 12.5. The molecule has 112 valence electrons. The molecule has 0 saturated carbocycles. The molecule has 0 saturated heterocycles. The van der Waals surface area contributed by atoms with Crippen LogP contribution in [-0.2, 0) is 21.2 Å². The Balaban J connectivity index is 2.76. The first-order valence-electron chi connectivity index (χ1n) is 6.49. The van der Waals surface area contributed by atoms with Gasteiger partial charge in [0, 0.05) is 12.4 Å². The molecule has 0 unspecified atom stereocenters. The zero-order valence-electron chi connectivity index (χ0n) is 11.7. The average Bonchev–Trinajstić information content (AvgIpc) is 2.44. The van der Waals surface area contributed by atoms with Gasteiger partial charge < -0.3 is 5.11 Å². The Bertz CT molecular complexity index is 539. The van der Waals surface area contributed by atoms with Crippen LogP contribution in [0.2, 0.25) is 0 Å². The van der Waals surface area contributed by atoms with Crippen molar-refractivity contribution in [2.45, 2.75) is 38.6 Å². The standard InChI is InChI=1S/C13H20N2O4S/c1-3-13(4-2,12(16)17)15-20(18,19)10-7-11-5-8-14-9-6-11/h5-6,8-9,15H,3-4,7,10H2,1-2H3,(H,16,17). The van der Waals surface area contributed by atoms with Crippen LogP contribution in [0.15, 0.2) is 24.5 Å². The summed E-state index contributed by atoms with van der Waals surface area (Å²) in [6.45, 7) is 3.31. The maximum absolute atomic E-state index is 12.1.